The molecule has 5 rings (SSSR count). The third-order valence-corrected chi connectivity index (χ3v) is 8.18. The summed E-state index contributed by atoms with van der Waals surface area (Å²) in [6, 6.07) is 7.48. The van der Waals surface area contributed by atoms with Gasteiger partial charge >= 0.3 is 0 Å². The Morgan fingerprint density at radius 1 is 1.26 bits per heavy atom. The number of likely N-dealkylation sites (tertiary alicyclic amines) is 1. The third-order valence-electron chi connectivity index (χ3n) is 8.18. The Morgan fingerprint density at radius 3 is 2.87 bits per heavy atom. The van der Waals surface area contributed by atoms with E-state index in [-0.39, 0.29) is 0 Å². The van der Waals surface area contributed by atoms with Gasteiger partial charge in [-0.25, -0.2) is 0 Å². The molecule has 0 aromatic heterocycles. The summed E-state index contributed by atoms with van der Waals surface area (Å²) < 4.78 is 0. The van der Waals surface area contributed by atoms with Gasteiger partial charge in [-0.15, -0.1) is 0 Å². The number of anilines is 1. The van der Waals surface area contributed by atoms with Gasteiger partial charge < -0.3 is 5.73 Å². The first-order valence-corrected chi connectivity index (χ1v) is 9.67. The van der Waals surface area contributed by atoms with E-state index in [1.54, 1.807) is 11.1 Å². The Balaban J connectivity index is 1.62. The maximum absolute atomic E-state index is 6.20. The number of nitrogen functional groups attached to an aromatic ring is 1. The molecule has 1 aromatic rings. The summed E-state index contributed by atoms with van der Waals surface area (Å²) in [5.74, 6) is 1.80. The number of fused-ring (bicyclic) bond motifs is 1. The van der Waals surface area contributed by atoms with Crippen LogP contribution in [0.3, 0.4) is 0 Å². The van der Waals surface area contributed by atoms with Crippen LogP contribution in [0.25, 0.3) is 0 Å². The molecule has 1 spiro atoms. The Bertz CT molecular complexity index is 649. The van der Waals surface area contributed by atoms with Crippen molar-refractivity contribution >= 4 is 5.69 Å². The molecule has 1 saturated heterocycles. The van der Waals surface area contributed by atoms with E-state index >= 15 is 0 Å². The largest absolute Gasteiger partial charge is 0.399 e. The van der Waals surface area contributed by atoms with E-state index in [2.05, 4.69) is 36.9 Å². The molecule has 4 unspecified atom stereocenters. The molecule has 2 heteroatoms. The van der Waals surface area contributed by atoms with Crippen molar-refractivity contribution in [2.45, 2.75) is 63.8 Å². The highest BCUT2D eigenvalue weighted by Crippen LogP contribution is 2.67. The Morgan fingerprint density at radius 2 is 2.09 bits per heavy atom. The molecule has 2 saturated carbocycles. The van der Waals surface area contributed by atoms with Gasteiger partial charge in [0.1, 0.15) is 0 Å². The molecule has 3 fully saturated rings. The maximum Gasteiger partial charge on any atom is 0.0317 e. The lowest BCUT2D eigenvalue weighted by molar-refractivity contribution is -0.0537. The van der Waals surface area contributed by atoms with Gasteiger partial charge in [0.15, 0.2) is 0 Å². The Hall–Kier alpha value is -1.02. The first-order chi connectivity index (χ1) is 11.0. The van der Waals surface area contributed by atoms with E-state index in [9.17, 15) is 0 Å². The van der Waals surface area contributed by atoms with Crippen molar-refractivity contribution < 1.29 is 0 Å². The summed E-state index contributed by atoms with van der Waals surface area (Å²) in [5.41, 5.74) is 11.2. The molecule has 4 aliphatic rings. The molecule has 124 valence electrons. The topological polar surface area (TPSA) is 29.3 Å². The summed E-state index contributed by atoms with van der Waals surface area (Å²) in [4.78, 5) is 2.86. The first-order valence-electron chi connectivity index (χ1n) is 9.67. The van der Waals surface area contributed by atoms with Crippen LogP contribution in [0.15, 0.2) is 18.2 Å². The van der Waals surface area contributed by atoms with Crippen LogP contribution < -0.4 is 5.73 Å². The summed E-state index contributed by atoms with van der Waals surface area (Å²) in [6.45, 7) is 7.79. The van der Waals surface area contributed by atoms with Gasteiger partial charge in [-0.05, 0) is 79.5 Å². The lowest BCUT2D eigenvalue weighted by atomic mass is 9.54. The molecular formula is C21H30N2. The Kier molecular flexibility index (Phi) is 2.83. The second-order valence-electron chi connectivity index (χ2n) is 9.13. The molecule has 2 N–H and O–H groups in total. The van der Waals surface area contributed by atoms with Gasteiger partial charge in [-0.2, -0.15) is 0 Å². The molecular weight excluding hydrogens is 280 g/mol. The fourth-order valence-electron chi connectivity index (χ4n) is 6.71. The van der Waals surface area contributed by atoms with Crippen molar-refractivity contribution in [2.75, 3.05) is 18.8 Å². The number of nitrogens with zero attached hydrogens (tertiary/aromatic N) is 1. The van der Waals surface area contributed by atoms with Crippen molar-refractivity contribution in [1.29, 1.82) is 0 Å². The lowest BCUT2D eigenvalue weighted by Gasteiger charge is -2.58. The lowest BCUT2D eigenvalue weighted by Crippen LogP contribution is -2.62. The van der Waals surface area contributed by atoms with Crippen LogP contribution in [0, 0.1) is 17.3 Å². The zero-order valence-corrected chi connectivity index (χ0v) is 14.6. The smallest absolute Gasteiger partial charge is 0.0317 e. The monoisotopic (exact) mass is 310 g/mol. The van der Waals surface area contributed by atoms with Crippen LogP contribution in [0.4, 0.5) is 5.69 Å². The van der Waals surface area contributed by atoms with Gasteiger partial charge in [-0.3, -0.25) is 4.90 Å². The van der Waals surface area contributed by atoms with Crippen molar-refractivity contribution in [1.82, 2.24) is 4.90 Å². The predicted molar refractivity (Wildman–Crippen MR) is 95.4 cm³/mol. The summed E-state index contributed by atoms with van der Waals surface area (Å²) in [5, 5.41) is 0. The van der Waals surface area contributed by atoms with Gasteiger partial charge in [-0.1, -0.05) is 19.4 Å². The summed E-state index contributed by atoms with van der Waals surface area (Å²) in [6.07, 6.45) is 8.37. The molecule has 1 aliphatic heterocycles. The van der Waals surface area contributed by atoms with Crippen molar-refractivity contribution in [3.05, 3.63) is 29.3 Å². The molecule has 1 aromatic carbocycles. The minimum atomic E-state index is 0.400. The van der Waals surface area contributed by atoms with Gasteiger partial charge in [0, 0.05) is 30.2 Å². The fraction of sp³-hybridized carbons (Fsp3) is 0.714. The van der Waals surface area contributed by atoms with E-state index < -0.39 is 0 Å². The van der Waals surface area contributed by atoms with E-state index in [4.69, 9.17) is 5.73 Å². The van der Waals surface area contributed by atoms with Crippen LogP contribution in [-0.2, 0) is 11.8 Å². The molecule has 4 atom stereocenters. The maximum atomic E-state index is 6.20. The molecule has 3 aliphatic carbocycles. The minimum Gasteiger partial charge on any atom is -0.399 e. The fourth-order valence-corrected chi connectivity index (χ4v) is 6.71. The van der Waals surface area contributed by atoms with E-state index in [1.165, 1.54) is 51.6 Å². The molecule has 2 nitrogen and oxygen atoms in total. The molecule has 0 amide bonds. The van der Waals surface area contributed by atoms with Crippen molar-refractivity contribution in [3.8, 4) is 0 Å². The molecule has 0 bridgehead atoms. The SMILES string of the molecule is CC1N(CC2CC2)CC2Cc3ccc(N)cc3C23CCCC13C. The summed E-state index contributed by atoms with van der Waals surface area (Å²) >= 11 is 0. The number of benzene rings is 1. The summed E-state index contributed by atoms with van der Waals surface area (Å²) in [7, 11) is 0. The van der Waals surface area contributed by atoms with Gasteiger partial charge in [0.2, 0.25) is 0 Å². The first kappa shape index (κ1) is 14.3. The highest BCUT2D eigenvalue weighted by Gasteiger charge is 2.65. The minimum absolute atomic E-state index is 0.400. The van der Waals surface area contributed by atoms with Crippen LogP contribution in [0.2, 0.25) is 0 Å². The van der Waals surface area contributed by atoms with Crippen LogP contribution in [-0.4, -0.2) is 24.0 Å². The highest BCUT2D eigenvalue weighted by atomic mass is 15.2. The normalized spacial score (nSPS) is 42.3. The second-order valence-corrected chi connectivity index (χ2v) is 9.13. The number of hydrogen-bond acceptors (Lipinski definition) is 2. The zero-order valence-electron chi connectivity index (χ0n) is 14.6. The number of hydrogen-bond donors (Lipinski definition) is 1. The average molecular weight is 310 g/mol. The van der Waals surface area contributed by atoms with Crippen LogP contribution in [0.5, 0.6) is 0 Å². The van der Waals surface area contributed by atoms with Gasteiger partial charge in [0.05, 0.1) is 0 Å². The number of nitrogens with two attached hydrogens (primary N) is 1. The predicted octanol–water partition coefficient (Wildman–Crippen LogP) is 3.98. The average Bonchev–Trinajstić information content (AvgIpc) is 3.19. The Labute approximate surface area is 140 Å². The van der Waals surface area contributed by atoms with Crippen molar-refractivity contribution in [3.63, 3.8) is 0 Å². The van der Waals surface area contributed by atoms with Gasteiger partial charge in [0.25, 0.3) is 0 Å². The number of rotatable bonds is 2. The van der Waals surface area contributed by atoms with Crippen molar-refractivity contribution in [2.24, 2.45) is 17.3 Å². The van der Waals surface area contributed by atoms with Crippen LogP contribution in [0.1, 0.15) is 57.1 Å². The standard InChI is InChI=1S/C21H30N2/c1-14-20(2)8-3-9-21(20)17(13-23(14)12-15-4-5-15)10-16-6-7-18(22)11-19(16)21/h6-7,11,14-15,17H,3-5,8-10,12-13,22H2,1-2H3. The molecule has 1 heterocycles. The second kappa shape index (κ2) is 4.53. The van der Waals surface area contributed by atoms with Crippen LogP contribution >= 0.6 is 0 Å². The molecule has 0 radical (unpaired) electrons. The third kappa shape index (κ3) is 1.74. The zero-order chi connectivity index (χ0) is 15.8. The number of piperidine rings is 1. The highest BCUT2D eigenvalue weighted by molar-refractivity contribution is 5.53. The molecule has 23 heavy (non-hydrogen) atoms. The van der Waals surface area contributed by atoms with E-state index in [1.807, 2.05) is 0 Å². The quantitative estimate of drug-likeness (QED) is 0.837. The van der Waals surface area contributed by atoms with E-state index in [0.717, 1.165) is 17.5 Å². The van der Waals surface area contributed by atoms with E-state index in [0.29, 0.717) is 16.9 Å².